The summed E-state index contributed by atoms with van der Waals surface area (Å²) in [6, 6.07) is 17.8. The van der Waals surface area contributed by atoms with Crippen molar-refractivity contribution in [2.75, 3.05) is 4.72 Å². The van der Waals surface area contributed by atoms with E-state index in [2.05, 4.69) is 15.0 Å². The van der Waals surface area contributed by atoms with Crippen LogP contribution in [0.5, 0.6) is 0 Å². The highest BCUT2D eigenvalue weighted by atomic mass is 32.2. The average Bonchev–Trinajstić information content (AvgIpc) is 2.78. The van der Waals surface area contributed by atoms with Gasteiger partial charge in [0.1, 0.15) is 5.52 Å². The Morgan fingerprint density at radius 1 is 1.03 bits per heavy atom. The number of hydrogen-bond acceptors (Lipinski definition) is 7. The summed E-state index contributed by atoms with van der Waals surface area (Å²) in [4.78, 5) is 25.0. The van der Waals surface area contributed by atoms with Crippen LogP contribution in [0, 0.1) is 13.8 Å². The second-order valence-electron chi connectivity index (χ2n) is 7.43. The number of rotatable bonds is 6. The highest BCUT2D eigenvalue weighted by Gasteiger charge is 2.20. The number of aryl methyl sites for hydroxylation is 2. The fourth-order valence-electron chi connectivity index (χ4n) is 3.25. The smallest absolute Gasteiger partial charge is 0.339 e. The molecule has 0 saturated heterocycles. The van der Waals surface area contributed by atoms with E-state index in [4.69, 9.17) is 4.74 Å². The van der Waals surface area contributed by atoms with E-state index in [-0.39, 0.29) is 10.5 Å². The van der Waals surface area contributed by atoms with Gasteiger partial charge >= 0.3 is 5.97 Å². The van der Waals surface area contributed by atoms with Gasteiger partial charge in [-0.1, -0.05) is 35.5 Å². The van der Waals surface area contributed by atoms with E-state index in [1.54, 1.807) is 49.4 Å². The van der Waals surface area contributed by atoms with Crippen LogP contribution in [0.25, 0.3) is 10.9 Å². The molecule has 33 heavy (non-hydrogen) atoms. The van der Waals surface area contributed by atoms with Crippen LogP contribution in [0.3, 0.4) is 0 Å². The number of ether oxygens (including phenoxy) is 1. The van der Waals surface area contributed by atoms with Crippen LogP contribution in [0.4, 0.5) is 5.69 Å². The van der Waals surface area contributed by atoms with Gasteiger partial charge in [-0.2, -0.15) is 4.68 Å². The van der Waals surface area contributed by atoms with Gasteiger partial charge < -0.3 is 4.74 Å². The Morgan fingerprint density at radius 3 is 2.61 bits per heavy atom. The molecule has 1 aromatic heterocycles. The first-order valence-electron chi connectivity index (χ1n) is 9.94. The quantitative estimate of drug-likeness (QED) is 0.436. The van der Waals surface area contributed by atoms with Crippen LogP contribution < -0.4 is 10.3 Å². The molecule has 0 atom stereocenters. The third-order valence-corrected chi connectivity index (χ3v) is 6.45. The second kappa shape index (κ2) is 8.83. The Labute approximate surface area is 189 Å². The molecule has 4 aromatic rings. The lowest BCUT2D eigenvalue weighted by Gasteiger charge is -2.12. The lowest BCUT2D eigenvalue weighted by atomic mass is 10.1. The monoisotopic (exact) mass is 464 g/mol. The van der Waals surface area contributed by atoms with Gasteiger partial charge in [0.15, 0.2) is 6.73 Å². The number of nitrogens with one attached hydrogen (secondary N) is 1. The number of benzene rings is 3. The van der Waals surface area contributed by atoms with E-state index < -0.39 is 28.3 Å². The Hall–Kier alpha value is -4.05. The third-order valence-electron chi connectivity index (χ3n) is 4.93. The molecule has 1 heterocycles. The lowest BCUT2D eigenvalue weighted by molar-refractivity contribution is 0.0336. The van der Waals surface area contributed by atoms with E-state index in [0.29, 0.717) is 22.2 Å². The van der Waals surface area contributed by atoms with Crippen molar-refractivity contribution < 1.29 is 17.9 Å². The molecule has 0 aliphatic heterocycles. The predicted octanol–water partition coefficient (Wildman–Crippen LogP) is 3.02. The van der Waals surface area contributed by atoms with Gasteiger partial charge in [-0.25, -0.2) is 13.2 Å². The standard InChI is InChI=1S/C23H20N4O5S/c1-15-6-5-7-18(12-15)25-33(30,31)21-13-17(11-10-16(21)2)23(29)32-14-27-22(28)19-8-3-4-9-20(19)24-26-27/h3-13,25H,14H2,1-2H3. The van der Waals surface area contributed by atoms with Gasteiger partial charge in [0.2, 0.25) is 0 Å². The number of carbonyl (C=O) groups is 1. The number of sulfonamides is 1. The molecular formula is C23H20N4O5S. The lowest BCUT2D eigenvalue weighted by Crippen LogP contribution is -2.26. The molecule has 168 valence electrons. The van der Waals surface area contributed by atoms with Crippen molar-refractivity contribution in [1.82, 2.24) is 15.0 Å². The summed E-state index contributed by atoms with van der Waals surface area (Å²) < 4.78 is 34.5. The van der Waals surface area contributed by atoms with Gasteiger partial charge in [-0.15, -0.1) is 5.10 Å². The number of fused-ring (bicyclic) bond motifs is 1. The van der Waals surface area contributed by atoms with Gasteiger partial charge in [0.25, 0.3) is 15.6 Å². The Bertz CT molecular complexity index is 1530. The first kappa shape index (κ1) is 22.2. The van der Waals surface area contributed by atoms with Gasteiger partial charge in [-0.05, 0) is 61.4 Å². The minimum Gasteiger partial charge on any atom is -0.439 e. The molecular weight excluding hydrogens is 444 g/mol. The first-order valence-corrected chi connectivity index (χ1v) is 11.4. The zero-order valence-electron chi connectivity index (χ0n) is 17.8. The normalized spacial score (nSPS) is 11.3. The van der Waals surface area contributed by atoms with Crippen molar-refractivity contribution >= 4 is 32.6 Å². The fraction of sp³-hybridized carbons (Fsp3) is 0.130. The maximum Gasteiger partial charge on any atom is 0.339 e. The minimum atomic E-state index is -3.95. The summed E-state index contributed by atoms with van der Waals surface area (Å²) in [5.41, 5.74) is 1.77. The van der Waals surface area contributed by atoms with Crippen LogP contribution in [-0.2, 0) is 21.5 Å². The largest absolute Gasteiger partial charge is 0.439 e. The van der Waals surface area contributed by atoms with E-state index in [1.807, 2.05) is 13.0 Å². The molecule has 10 heteroatoms. The fourth-order valence-corrected chi connectivity index (χ4v) is 4.57. The zero-order chi connectivity index (χ0) is 23.6. The molecule has 0 aliphatic rings. The SMILES string of the molecule is Cc1cccc(NS(=O)(=O)c2cc(C(=O)OCn3nnc4ccccc4c3=O)ccc2C)c1. The third kappa shape index (κ3) is 4.75. The van der Waals surface area contributed by atoms with Crippen molar-refractivity contribution in [3.05, 3.63) is 93.8 Å². The van der Waals surface area contributed by atoms with Crippen molar-refractivity contribution in [3.8, 4) is 0 Å². The van der Waals surface area contributed by atoms with Crippen molar-refractivity contribution in [1.29, 1.82) is 0 Å². The van der Waals surface area contributed by atoms with Gasteiger partial charge in [0, 0.05) is 5.69 Å². The molecule has 0 radical (unpaired) electrons. The summed E-state index contributed by atoms with van der Waals surface area (Å²) >= 11 is 0. The Kier molecular flexibility index (Phi) is 5.93. The molecule has 0 spiro atoms. The van der Waals surface area contributed by atoms with E-state index in [0.717, 1.165) is 10.2 Å². The van der Waals surface area contributed by atoms with E-state index in [9.17, 15) is 18.0 Å². The van der Waals surface area contributed by atoms with Crippen LogP contribution in [0.1, 0.15) is 21.5 Å². The molecule has 0 amide bonds. The maximum absolute atomic E-state index is 12.9. The number of anilines is 1. The van der Waals surface area contributed by atoms with Crippen molar-refractivity contribution in [2.45, 2.75) is 25.5 Å². The molecule has 9 nitrogen and oxygen atoms in total. The number of esters is 1. The summed E-state index contributed by atoms with van der Waals surface area (Å²) in [5, 5.41) is 8.04. The molecule has 0 saturated carbocycles. The minimum absolute atomic E-state index is 0.0204. The molecule has 1 N–H and O–H groups in total. The van der Waals surface area contributed by atoms with Gasteiger partial charge in [0.05, 0.1) is 15.8 Å². The molecule has 0 unspecified atom stereocenters. The van der Waals surface area contributed by atoms with Crippen molar-refractivity contribution in [3.63, 3.8) is 0 Å². The van der Waals surface area contributed by atoms with Gasteiger partial charge in [-0.3, -0.25) is 9.52 Å². The summed E-state index contributed by atoms with van der Waals surface area (Å²) in [5.74, 6) is -0.802. The number of nitrogens with zero attached hydrogens (tertiary/aromatic N) is 3. The van der Waals surface area contributed by atoms with Crippen molar-refractivity contribution in [2.24, 2.45) is 0 Å². The van der Waals surface area contributed by atoms with E-state index >= 15 is 0 Å². The summed E-state index contributed by atoms with van der Waals surface area (Å²) in [6.45, 7) is 3.02. The van der Waals surface area contributed by atoms with Crippen LogP contribution in [0.2, 0.25) is 0 Å². The van der Waals surface area contributed by atoms with Crippen LogP contribution >= 0.6 is 0 Å². The second-order valence-corrected chi connectivity index (χ2v) is 9.08. The maximum atomic E-state index is 12.9. The molecule has 0 bridgehead atoms. The Morgan fingerprint density at radius 2 is 1.82 bits per heavy atom. The highest BCUT2D eigenvalue weighted by molar-refractivity contribution is 7.92. The molecule has 4 rings (SSSR count). The van der Waals surface area contributed by atoms with Crippen LogP contribution in [-0.4, -0.2) is 29.4 Å². The molecule has 0 fully saturated rings. The summed E-state index contributed by atoms with van der Waals surface area (Å²) in [6.07, 6.45) is 0. The Balaban J connectivity index is 1.55. The molecule has 0 aliphatic carbocycles. The predicted molar refractivity (Wildman–Crippen MR) is 122 cm³/mol. The summed E-state index contributed by atoms with van der Waals surface area (Å²) in [7, 11) is -3.95. The van der Waals surface area contributed by atoms with E-state index in [1.165, 1.54) is 18.2 Å². The number of carbonyl (C=O) groups excluding carboxylic acids is 1. The number of aromatic nitrogens is 3. The zero-order valence-corrected chi connectivity index (χ0v) is 18.7. The molecule has 3 aromatic carbocycles. The first-order chi connectivity index (χ1) is 15.7. The average molecular weight is 465 g/mol. The number of hydrogen-bond donors (Lipinski definition) is 1. The van der Waals surface area contributed by atoms with Crippen LogP contribution in [0.15, 0.2) is 76.4 Å². The topological polar surface area (TPSA) is 120 Å². The highest BCUT2D eigenvalue weighted by Crippen LogP contribution is 2.22.